The van der Waals surface area contributed by atoms with Crippen molar-refractivity contribution in [2.24, 2.45) is 0 Å². The fourth-order valence-electron chi connectivity index (χ4n) is 3.10. The summed E-state index contributed by atoms with van der Waals surface area (Å²) in [5.74, 6) is -0.308. The van der Waals surface area contributed by atoms with Gasteiger partial charge in [0.25, 0.3) is 0 Å². The standard InChI is InChI=1S/C18H22O5/c1-3-7-14-15(21-12(2)19)10-16-17(22-14)11-20-18(23-16)13-8-5-4-6-9-13/h3-6,8-9,14-18H,1,7,10-11H2,2H3/t14-,15+,16-,17+,18+/m0/s1. The molecule has 0 aliphatic carbocycles. The molecule has 2 heterocycles. The minimum absolute atomic E-state index is 0.147. The van der Waals surface area contributed by atoms with Crippen molar-refractivity contribution in [3.8, 4) is 0 Å². The van der Waals surface area contributed by atoms with E-state index in [1.807, 2.05) is 30.3 Å². The molecular weight excluding hydrogens is 296 g/mol. The highest BCUT2D eigenvalue weighted by molar-refractivity contribution is 5.66. The molecule has 0 bridgehead atoms. The number of hydrogen-bond acceptors (Lipinski definition) is 5. The van der Waals surface area contributed by atoms with Crippen LogP contribution in [0.4, 0.5) is 0 Å². The Morgan fingerprint density at radius 2 is 2.09 bits per heavy atom. The highest BCUT2D eigenvalue weighted by atomic mass is 16.7. The summed E-state index contributed by atoms with van der Waals surface area (Å²) in [6.07, 6.45) is 1.79. The Kier molecular flexibility index (Phi) is 5.10. The predicted molar refractivity (Wildman–Crippen MR) is 83.7 cm³/mol. The molecule has 0 aromatic heterocycles. The molecule has 2 saturated heterocycles. The zero-order chi connectivity index (χ0) is 16.2. The lowest BCUT2D eigenvalue weighted by atomic mass is 9.95. The molecule has 0 amide bonds. The number of carbonyl (C=O) groups excluding carboxylic acids is 1. The summed E-state index contributed by atoms with van der Waals surface area (Å²) < 4.78 is 23.3. The van der Waals surface area contributed by atoms with Crippen LogP contribution in [0.1, 0.15) is 31.6 Å². The number of rotatable bonds is 4. The molecule has 23 heavy (non-hydrogen) atoms. The second kappa shape index (κ2) is 7.25. The van der Waals surface area contributed by atoms with Crippen LogP contribution in [-0.4, -0.2) is 37.0 Å². The van der Waals surface area contributed by atoms with E-state index in [0.717, 1.165) is 5.56 Å². The first-order valence-corrected chi connectivity index (χ1v) is 7.93. The van der Waals surface area contributed by atoms with Crippen molar-refractivity contribution in [1.82, 2.24) is 0 Å². The summed E-state index contributed by atoms with van der Waals surface area (Å²) in [7, 11) is 0. The van der Waals surface area contributed by atoms with E-state index in [2.05, 4.69) is 6.58 Å². The number of carbonyl (C=O) groups is 1. The minimum Gasteiger partial charge on any atom is -0.460 e. The molecule has 0 spiro atoms. The van der Waals surface area contributed by atoms with Gasteiger partial charge in [0.1, 0.15) is 12.2 Å². The third kappa shape index (κ3) is 3.80. The first kappa shape index (κ1) is 16.2. The third-order valence-corrected chi connectivity index (χ3v) is 4.14. The van der Waals surface area contributed by atoms with Crippen LogP contribution < -0.4 is 0 Å². The van der Waals surface area contributed by atoms with Crippen molar-refractivity contribution < 1.29 is 23.7 Å². The maximum Gasteiger partial charge on any atom is 0.302 e. The molecule has 5 atom stereocenters. The van der Waals surface area contributed by atoms with Crippen LogP contribution in [-0.2, 0) is 23.7 Å². The molecular formula is C18H22O5. The first-order valence-electron chi connectivity index (χ1n) is 7.93. The lowest BCUT2D eigenvalue weighted by Gasteiger charge is -2.44. The average Bonchev–Trinajstić information content (AvgIpc) is 2.55. The second-order valence-corrected chi connectivity index (χ2v) is 5.87. The molecule has 2 aliphatic heterocycles. The molecule has 2 aliphatic rings. The van der Waals surface area contributed by atoms with Gasteiger partial charge in [0, 0.05) is 18.9 Å². The lowest BCUT2D eigenvalue weighted by molar-refractivity contribution is -0.302. The molecule has 1 aromatic rings. The number of hydrogen-bond donors (Lipinski definition) is 0. The zero-order valence-electron chi connectivity index (χ0n) is 13.2. The normalized spacial score (nSPS) is 33.5. The van der Waals surface area contributed by atoms with Gasteiger partial charge in [0.2, 0.25) is 0 Å². The molecule has 5 nitrogen and oxygen atoms in total. The number of esters is 1. The molecule has 0 saturated carbocycles. The van der Waals surface area contributed by atoms with Crippen LogP contribution in [0.25, 0.3) is 0 Å². The van der Waals surface area contributed by atoms with E-state index in [1.165, 1.54) is 6.92 Å². The minimum atomic E-state index is -0.407. The Labute approximate surface area is 136 Å². The van der Waals surface area contributed by atoms with Crippen molar-refractivity contribution in [2.75, 3.05) is 6.61 Å². The summed E-state index contributed by atoms with van der Waals surface area (Å²) in [6, 6.07) is 9.80. The lowest BCUT2D eigenvalue weighted by Crippen LogP contribution is -2.53. The molecule has 2 fully saturated rings. The van der Waals surface area contributed by atoms with E-state index in [1.54, 1.807) is 6.08 Å². The van der Waals surface area contributed by atoms with Crippen molar-refractivity contribution in [3.05, 3.63) is 48.6 Å². The quantitative estimate of drug-likeness (QED) is 0.631. The predicted octanol–water partition coefficient (Wildman–Crippen LogP) is 2.77. The van der Waals surface area contributed by atoms with E-state index >= 15 is 0 Å². The van der Waals surface area contributed by atoms with Crippen LogP contribution in [0, 0.1) is 0 Å². The SMILES string of the molecule is C=CC[C@@H]1O[C@@H]2CO[C@@H](c3ccccc3)O[C@H]2C[C@H]1OC(C)=O. The van der Waals surface area contributed by atoms with E-state index in [4.69, 9.17) is 18.9 Å². The maximum atomic E-state index is 11.3. The number of benzene rings is 1. The largest absolute Gasteiger partial charge is 0.460 e. The van der Waals surface area contributed by atoms with Crippen molar-refractivity contribution in [2.45, 2.75) is 50.5 Å². The zero-order valence-corrected chi connectivity index (χ0v) is 13.2. The van der Waals surface area contributed by atoms with Gasteiger partial charge in [0.05, 0.1) is 18.8 Å². The fraction of sp³-hybridized carbons (Fsp3) is 0.500. The Morgan fingerprint density at radius 1 is 1.30 bits per heavy atom. The van der Waals surface area contributed by atoms with Crippen molar-refractivity contribution in [1.29, 1.82) is 0 Å². The molecule has 124 valence electrons. The van der Waals surface area contributed by atoms with E-state index in [0.29, 0.717) is 19.4 Å². The van der Waals surface area contributed by atoms with E-state index < -0.39 is 6.29 Å². The van der Waals surface area contributed by atoms with Gasteiger partial charge in [-0.3, -0.25) is 4.79 Å². The highest BCUT2D eigenvalue weighted by Gasteiger charge is 2.43. The van der Waals surface area contributed by atoms with Crippen molar-refractivity contribution >= 4 is 5.97 Å². The van der Waals surface area contributed by atoms with E-state index in [-0.39, 0.29) is 30.4 Å². The topological polar surface area (TPSA) is 54.0 Å². The summed E-state index contributed by atoms with van der Waals surface area (Å²) in [5.41, 5.74) is 0.975. The smallest absolute Gasteiger partial charge is 0.302 e. The van der Waals surface area contributed by atoms with Gasteiger partial charge < -0.3 is 18.9 Å². The molecule has 0 unspecified atom stereocenters. The summed E-state index contributed by atoms with van der Waals surface area (Å²) >= 11 is 0. The fourth-order valence-corrected chi connectivity index (χ4v) is 3.10. The second-order valence-electron chi connectivity index (χ2n) is 5.87. The summed E-state index contributed by atoms with van der Waals surface area (Å²) in [6.45, 7) is 5.62. The Hall–Kier alpha value is -1.69. The molecule has 3 rings (SSSR count). The van der Waals surface area contributed by atoms with Gasteiger partial charge >= 0.3 is 5.97 Å². The Bertz CT molecular complexity index is 544. The van der Waals surface area contributed by atoms with E-state index in [9.17, 15) is 4.79 Å². The molecule has 0 N–H and O–H groups in total. The van der Waals surface area contributed by atoms with Crippen LogP contribution in [0.15, 0.2) is 43.0 Å². The molecule has 5 heteroatoms. The monoisotopic (exact) mass is 318 g/mol. The number of ether oxygens (including phenoxy) is 4. The highest BCUT2D eigenvalue weighted by Crippen LogP contribution is 2.35. The van der Waals surface area contributed by atoms with Gasteiger partial charge in [-0.15, -0.1) is 6.58 Å². The van der Waals surface area contributed by atoms with Crippen LogP contribution >= 0.6 is 0 Å². The van der Waals surface area contributed by atoms with Gasteiger partial charge in [-0.1, -0.05) is 36.4 Å². The van der Waals surface area contributed by atoms with Gasteiger partial charge in [0.15, 0.2) is 6.29 Å². The average molecular weight is 318 g/mol. The number of fused-ring (bicyclic) bond motifs is 1. The van der Waals surface area contributed by atoms with Gasteiger partial charge in [-0.2, -0.15) is 0 Å². The van der Waals surface area contributed by atoms with Gasteiger partial charge in [-0.05, 0) is 6.42 Å². The Morgan fingerprint density at radius 3 is 2.78 bits per heavy atom. The molecule has 0 radical (unpaired) electrons. The van der Waals surface area contributed by atoms with Crippen molar-refractivity contribution in [3.63, 3.8) is 0 Å². The first-order chi connectivity index (χ1) is 11.2. The summed E-state index contributed by atoms with van der Waals surface area (Å²) in [4.78, 5) is 11.3. The maximum absolute atomic E-state index is 11.3. The van der Waals surface area contributed by atoms with Crippen LogP contribution in [0.2, 0.25) is 0 Å². The molecule has 1 aromatic carbocycles. The third-order valence-electron chi connectivity index (χ3n) is 4.14. The van der Waals surface area contributed by atoms with Crippen LogP contribution in [0.5, 0.6) is 0 Å². The van der Waals surface area contributed by atoms with Crippen LogP contribution in [0.3, 0.4) is 0 Å². The Balaban J connectivity index is 1.69. The summed E-state index contributed by atoms with van der Waals surface area (Å²) in [5, 5.41) is 0. The van der Waals surface area contributed by atoms with Gasteiger partial charge in [-0.25, -0.2) is 0 Å².